The summed E-state index contributed by atoms with van der Waals surface area (Å²) >= 11 is 0. The summed E-state index contributed by atoms with van der Waals surface area (Å²) in [5.41, 5.74) is 0. The summed E-state index contributed by atoms with van der Waals surface area (Å²) in [4.78, 5) is 0. The van der Waals surface area contributed by atoms with Gasteiger partial charge in [0.2, 0.25) is 0 Å². The normalized spacial score (nSPS) is 12.0. The largest absolute Gasteiger partial charge is 0.396 e. The number of hydrogen-bond donors (Lipinski definition) is 1. The Bertz CT molecular complexity index is 254. The van der Waals surface area contributed by atoms with E-state index in [4.69, 9.17) is 9.47 Å². The third-order valence-electron chi connectivity index (χ3n) is 5.89. The molecule has 0 bridgehead atoms. The molecule has 0 heterocycles. The van der Waals surface area contributed by atoms with E-state index in [1.165, 1.54) is 77.0 Å². The van der Waals surface area contributed by atoms with Crippen LogP contribution in [0, 0.1) is 11.8 Å². The number of rotatable bonds is 22. The highest BCUT2D eigenvalue weighted by Crippen LogP contribution is 2.22. The maximum atomic E-state index is 9.36. The lowest BCUT2D eigenvalue weighted by Gasteiger charge is -2.22. The highest BCUT2D eigenvalue weighted by Gasteiger charge is 2.14. The summed E-state index contributed by atoms with van der Waals surface area (Å²) in [6.07, 6.45) is 18.3. The van der Waals surface area contributed by atoms with Crippen molar-refractivity contribution in [2.75, 3.05) is 19.8 Å². The molecule has 0 aromatic rings. The first-order valence-corrected chi connectivity index (χ1v) is 12.6. The Hall–Kier alpha value is -0.120. The lowest BCUT2D eigenvalue weighted by molar-refractivity contribution is -0.154. The van der Waals surface area contributed by atoms with E-state index in [0.717, 1.165) is 37.9 Å². The van der Waals surface area contributed by atoms with Gasteiger partial charge < -0.3 is 14.6 Å². The van der Waals surface area contributed by atoms with Crippen LogP contribution in [-0.4, -0.2) is 31.2 Å². The topological polar surface area (TPSA) is 38.7 Å². The molecule has 0 aromatic carbocycles. The van der Waals surface area contributed by atoms with Crippen molar-refractivity contribution in [3.63, 3.8) is 0 Å². The minimum absolute atomic E-state index is 0.134. The quantitative estimate of drug-likeness (QED) is 0.191. The maximum absolute atomic E-state index is 9.36. The van der Waals surface area contributed by atoms with Crippen LogP contribution >= 0.6 is 0 Å². The first-order chi connectivity index (χ1) is 13.7. The molecule has 0 aliphatic carbocycles. The summed E-state index contributed by atoms with van der Waals surface area (Å²) in [7, 11) is 0. The molecule has 28 heavy (non-hydrogen) atoms. The molecular formula is C25H52O3. The number of hydrogen-bond acceptors (Lipinski definition) is 3. The van der Waals surface area contributed by atoms with Crippen LogP contribution in [0.2, 0.25) is 0 Å². The molecule has 3 heteroatoms. The SMILES string of the molecule is CCCCC(CCCC)CCOC(CCO)OCCC(CCCC)CCCC. The molecule has 0 saturated carbocycles. The number of aliphatic hydroxyl groups is 1. The summed E-state index contributed by atoms with van der Waals surface area (Å²) in [6.45, 7) is 10.7. The van der Waals surface area contributed by atoms with Gasteiger partial charge in [0.1, 0.15) is 0 Å². The van der Waals surface area contributed by atoms with Crippen LogP contribution in [0.25, 0.3) is 0 Å². The van der Waals surface area contributed by atoms with Gasteiger partial charge in [-0.3, -0.25) is 0 Å². The van der Waals surface area contributed by atoms with Gasteiger partial charge in [0.25, 0.3) is 0 Å². The van der Waals surface area contributed by atoms with E-state index in [0.29, 0.717) is 6.42 Å². The molecule has 0 amide bonds. The first kappa shape index (κ1) is 27.9. The average Bonchev–Trinajstić information content (AvgIpc) is 2.71. The minimum Gasteiger partial charge on any atom is -0.396 e. The Morgan fingerprint density at radius 1 is 0.536 bits per heavy atom. The molecule has 0 aliphatic heterocycles. The van der Waals surface area contributed by atoms with E-state index in [1.807, 2.05) is 0 Å². The van der Waals surface area contributed by atoms with E-state index in [2.05, 4.69) is 27.7 Å². The number of ether oxygens (including phenoxy) is 2. The van der Waals surface area contributed by atoms with Crippen molar-refractivity contribution in [1.29, 1.82) is 0 Å². The van der Waals surface area contributed by atoms with Crippen LogP contribution in [-0.2, 0) is 9.47 Å². The lowest BCUT2D eigenvalue weighted by atomic mass is 9.93. The van der Waals surface area contributed by atoms with Gasteiger partial charge in [0.15, 0.2) is 6.29 Å². The van der Waals surface area contributed by atoms with E-state index in [1.54, 1.807) is 0 Å². The molecule has 0 saturated heterocycles. The Morgan fingerprint density at radius 2 is 0.893 bits per heavy atom. The Morgan fingerprint density at radius 3 is 1.18 bits per heavy atom. The minimum atomic E-state index is -0.235. The second-order valence-electron chi connectivity index (χ2n) is 8.56. The van der Waals surface area contributed by atoms with Crippen molar-refractivity contribution in [2.45, 2.75) is 130 Å². The lowest BCUT2D eigenvalue weighted by Crippen LogP contribution is -2.22. The fourth-order valence-corrected chi connectivity index (χ4v) is 3.89. The number of unbranched alkanes of at least 4 members (excludes halogenated alkanes) is 4. The summed E-state index contributed by atoms with van der Waals surface area (Å²) in [5.74, 6) is 1.56. The highest BCUT2D eigenvalue weighted by atomic mass is 16.7. The van der Waals surface area contributed by atoms with Crippen LogP contribution in [0.15, 0.2) is 0 Å². The fraction of sp³-hybridized carbons (Fsp3) is 1.00. The van der Waals surface area contributed by atoms with Gasteiger partial charge in [-0.25, -0.2) is 0 Å². The molecule has 1 N–H and O–H groups in total. The van der Waals surface area contributed by atoms with Gasteiger partial charge in [-0.05, 0) is 24.7 Å². The smallest absolute Gasteiger partial charge is 0.159 e. The zero-order valence-electron chi connectivity index (χ0n) is 19.7. The predicted molar refractivity (Wildman–Crippen MR) is 122 cm³/mol. The molecule has 0 aromatic heterocycles. The van der Waals surface area contributed by atoms with E-state index < -0.39 is 0 Å². The summed E-state index contributed by atoms with van der Waals surface area (Å²) in [6, 6.07) is 0. The molecule has 0 radical (unpaired) electrons. The average molecular weight is 401 g/mol. The van der Waals surface area contributed by atoms with Crippen molar-refractivity contribution >= 4 is 0 Å². The predicted octanol–water partition coefficient (Wildman–Crippen LogP) is 7.50. The van der Waals surface area contributed by atoms with Crippen molar-refractivity contribution in [2.24, 2.45) is 11.8 Å². The monoisotopic (exact) mass is 400 g/mol. The van der Waals surface area contributed by atoms with Crippen molar-refractivity contribution in [3.8, 4) is 0 Å². The zero-order valence-corrected chi connectivity index (χ0v) is 19.7. The standard InChI is InChI=1S/C25H52O3/c1-5-9-13-23(14-10-6-2)18-21-27-25(17-20-26)28-22-19-24(15-11-7-3)16-12-8-4/h23-26H,5-22H2,1-4H3. The van der Waals surface area contributed by atoms with Crippen molar-refractivity contribution in [3.05, 3.63) is 0 Å². The van der Waals surface area contributed by atoms with Crippen molar-refractivity contribution < 1.29 is 14.6 Å². The molecule has 0 fully saturated rings. The van der Waals surface area contributed by atoms with Gasteiger partial charge in [0.05, 0.1) is 0 Å². The van der Waals surface area contributed by atoms with E-state index in [9.17, 15) is 5.11 Å². The Labute approximate surface area is 177 Å². The third kappa shape index (κ3) is 16.8. The second-order valence-corrected chi connectivity index (χ2v) is 8.56. The Balaban J connectivity index is 4.22. The molecule has 0 rings (SSSR count). The van der Waals surface area contributed by atoms with Gasteiger partial charge in [0, 0.05) is 26.2 Å². The van der Waals surface area contributed by atoms with Gasteiger partial charge in [-0.15, -0.1) is 0 Å². The van der Waals surface area contributed by atoms with Crippen LogP contribution in [0.4, 0.5) is 0 Å². The van der Waals surface area contributed by atoms with Gasteiger partial charge >= 0.3 is 0 Å². The summed E-state index contributed by atoms with van der Waals surface area (Å²) < 4.78 is 12.1. The molecule has 170 valence electrons. The molecular weight excluding hydrogens is 348 g/mol. The van der Waals surface area contributed by atoms with Crippen LogP contribution in [0.5, 0.6) is 0 Å². The van der Waals surface area contributed by atoms with E-state index in [-0.39, 0.29) is 12.9 Å². The first-order valence-electron chi connectivity index (χ1n) is 12.6. The maximum Gasteiger partial charge on any atom is 0.159 e. The number of aliphatic hydroxyl groups excluding tert-OH is 1. The van der Waals surface area contributed by atoms with Crippen LogP contribution in [0.1, 0.15) is 124 Å². The van der Waals surface area contributed by atoms with E-state index >= 15 is 0 Å². The van der Waals surface area contributed by atoms with Crippen LogP contribution in [0.3, 0.4) is 0 Å². The third-order valence-corrected chi connectivity index (χ3v) is 5.89. The van der Waals surface area contributed by atoms with Crippen LogP contribution < -0.4 is 0 Å². The Kier molecular flexibility index (Phi) is 21.5. The molecule has 0 atom stereocenters. The molecule has 0 aliphatic rings. The van der Waals surface area contributed by atoms with Crippen molar-refractivity contribution in [1.82, 2.24) is 0 Å². The fourth-order valence-electron chi connectivity index (χ4n) is 3.89. The second kappa shape index (κ2) is 21.6. The van der Waals surface area contributed by atoms with Gasteiger partial charge in [-0.2, -0.15) is 0 Å². The molecule has 0 spiro atoms. The molecule has 3 nitrogen and oxygen atoms in total. The van der Waals surface area contributed by atoms with Gasteiger partial charge in [-0.1, -0.05) is 105 Å². The zero-order chi connectivity index (χ0) is 20.9. The molecule has 0 unspecified atom stereocenters. The summed E-state index contributed by atoms with van der Waals surface area (Å²) in [5, 5.41) is 9.36. The highest BCUT2D eigenvalue weighted by molar-refractivity contribution is 4.62.